The minimum Gasteiger partial charge on any atom is -0.391 e. The molecule has 1 fully saturated rings. The van der Waals surface area contributed by atoms with Crippen molar-refractivity contribution < 1.29 is 14.7 Å². The fraction of sp³-hybridized carbons (Fsp3) is 0.700. The summed E-state index contributed by atoms with van der Waals surface area (Å²) < 4.78 is 0. The highest BCUT2D eigenvalue weighted by atomic mass is 16.3. The van der Waals surface area contributed by atoms with E-state index in [1.165, 1.54) is 5.01 Å². The molecule has 1 saturated heterocycles. The van der Waals surface area contributed by atoms with Crippen molar-refractivity contribution in [1.29, 1.82) is 0 Å². The van der Waals surface area contributed by atoms with Crippen LogP contribution in [0.5, 0.6) is 0 Å². The molecule has 0 aromatic heterocycles. The molecule has 0 aromatic rings. The molecular weight excluding hydrogens is 210 g/mol. The lowest BCUT2D eigenvalue weighted by Crippen LogP contribution is -2.39. The maximum Gasteiger partial charge on any atom is 0.270 e. The molecule has 1 N–H and O–H groups in total. The number of amides is 2. The van der Waals surface area contributed by atoms with E-state index in [1.807, 2.05) is 0 Å². The number of carbonyl (C=O) groups excluding carboxylic acids is 2. The van der Waals surface area contributed by atoms with Gasteiger partial charge in [-0.25, -0.2) is 5.01 Å². The standard InChI is InChI=1S/C10H15N3O3/c1-12-9(15)3-2-8(11-12)10(16)13-5-4-7(14)6-13/h7,14H,2-6H2,1H3/t7-/m1/s1. The van der Waals surface area contributed by atoms with E-state index in [0.717, 1.165) is 0 Å². The van der Waals surface area contributed by atoms with Crippen molar-refractivity contribution in [3.63, 3.8) is 0 Å². The van der Waals surface area contributed by atoms with Gasteiger partial charge in [0.15, 0.2) is 0 Å². The Morgan fingerprint density at radius 3 is 2.81 bits per heavy atom. The number of rotatable bonds is 1. The van der Waals surface area contributed by atoms with Gasteiger partial charge in [0, 0.05) is 33.0 Å². The van der Waals surface area contributed by atoms with Crippen LogP contribution in [0.15, 0.2) is 5.10 Å². The van der Waals surface area contributed by atoms with Gasteiger partial charge in [-0.05, 0) is 6.42 Å². The number of hydrogen-bond donors (Lipinski definition) is 1. The van der Waals surface area contributed by atoms with Crippen LogP contribution in [0.3, 0.4) is 0 Å². The molecule has 0 bridgehead atoms. The summed E-state index contributed by atoms with van der Waals surface area (Å²) in [6.45, 7) is 0.937. The summed E-state index contributed by atoms with van der Waals surface area (Å²) in [5, 5.41) is 14.5. The summed E-state index contributed by atoms with van der Waals surface area (Å²) in [6, 6.07) is 0. The third-order valence-corrected chi connectivity index (χ3v) is 2.90. The number of nitrogens with zero attached hydrogens (tertiary/aromatic N) is 3. The van der Waals surface area contributed by atoms with Crippen molar-refractivity contribution in [2.75, 3.05) is 20.1 Å². The second kappa shape index (κ2) is 4.21. The first-order chi connectivity index (χ1) is 7.58. The van der Waals surface area contributed by atoms with Crippen LogP contribution in [0.1, 0.15) is 19.3 Å². The van der Waals surface area contributed by atoms with Crippen molar-refractivity contribution >= 4 is 17.5 Å². The van der Waals surface area contributed by atoms with Crippen LogP contribution >= 0.6 is 0 Å². The smallest absolute Gasteiger partial charge is 0.270 e. The predicted octanol–water partition coefficient (Wildman–Crippen LogP) is -0.812. The lowest BCUT2D eigenvalue weighted by atomic mass is 10.1. The minimum absolute atomic E-state index is 0.0713. The first-order valence-corrected chi connectivity index (χ1v) is 5.39. The van der Waals surface area contributed by atoms with Gasteiger partial charge in [0.1, 0.15) is 5.71 Å². The van der Waals surface area contributed by atoms with E-state index < -0.39 is 6.10 Å². The molecule has 2 rings (SSSR count). The second-order valence-electron chi connectivity index (χ2n) is 4.16. The Balaban J connectivity index is 2.05. The van der Waals surface area contributed by atoms with Gasteiger partial charge in [-0.3, -0.25) is 9.59 Å². The Morgan fingerprint density at radius 2 is 2.25 bits per heavy atom. The van der Waals surface area contributed by atoms with E-state index in [9.17, 15) is 14.7 Å². The molecule has 1 atom stereocenters. The molecule has 2 heterocycles. The van der Waals surface area contributed by atoms with Gasteiger partial charge in [0.25, 0.3) is 5.91 Å². The van der Waals surface area contributed by atoms with Gasteiger partial charge in [-0.1, -0.05) is 0 Å². The van der Waals surface area contributed by atoms with Gasteiger partial charge in [-0.2, -0.15) is 5.10 Å². The molecule has 2 amide bonds. The van der Waals surface area contributed by atoms with Crippen molar-refractivity contribution in [3.8, 4) is 0 Å². The Kier molecular flexibility index (Phi) is 2.91. The van der Waals surface area contributed by atoms with Crippen LogP contribution in [-0.2, 0) is 9.59 Å². The van der Waals surface area contributed by atoms with Crippen LogP contribution in [0.4, 0.5) is 0 Å². The maximum absolute atomic E-state index is 11.9. The molecule has 0 spiro atoms. The SMILES string of the molecule is CN1N=C(C(=O)N2CC[C@@H](O)C2)CCC1=O. The molecule has 88 valence electrons. The lowest BCUT2D eigenvalue weighted by molar-refractivity contribution is -0.130. The van der Waals surface area contributed by atoms with Crippen LogP contribution in [0.2, 0.25) is 0 Å². The molecule has 6 nitrogen and oxygen atoms in total. The normalized spacial score (nSPS) is 26.0. The van der Waals surface area contributed by atoms with Gasteiger partial charge < -0.3 is 10.0 Å². The Bertz CT molecular complexity index is 353. The third-order valence-electron chi connectivity index (χ3n) is 2.90. The van der Waals surface area contributed by atoms with Crippen molar-refractivity contribution in [2.24, 2.45) is 5.10 Å². The van der Waals surface area contributed by atoms with E-state index in [1.54, 1.807) is 11.9 Å². The maximum atomic E-state index is 11.9. The van der Waals surface area contributed by atoms with E-state index >= 15 is 0 Å². The van der Waals surface area contributed by atoms with Crippen molar-refractivity contribution in [1.82, 2.24) is 9.91 Å². The summed E-state index contributed by atoms with van der Waals surface area (Å²) >= 11 is 0. The number of β-amino-alcohol motifs (C(OH)–C–C–N with tert-alkyl or cyclic N) is 1. The fourth-order valence-corrected chi connectivity index (χ4v) is 1.93. The number of aliphatic hydroxyl groups is 1. The van der Waals surface area contributed by atoms with Crippen LogP contribution in [-0.4, -0.2) is 58.8 Å². The van der Waals surface area contributed by atoms with E-state index in [-0.39, 0.29) is 11.8 Å². The monoisotopic (exact) mass is 225 g/mol. The summed E-state index contributed by atoms with van der Waals surface area (Å²) in [4.78, 5) is 24.7. The molecule has 6 heteroatoms. The molecule has 16 heavy (non-hydrogen) atoms. The number of carbonyl (C=O) groups is 2. The molecule has 2 aliphatic rings. The number of hydrogen-bond acceptors (Lipinski definition) is 4. The molecule has 0 aromatic carbocycles. The van der Waals surface area contributed by atoms with Gasteiger partial charge in [0.05, 0.1) is 6.10 Å². The second-order valence-corrected chi connectivity index (χ2v) is 4.16. The van der Waals surface area contributed by atoms with Gasteiger partial charge in [-0.15, -0.1) is 0 Å². The lowest BCUT2D eigenvalue weighted by Gasteiger charge is -2.22. The van der Waals surface area contributed by atoms with Gasteiger partial charge in [0.2, 0.25) is 5.91 Å². The summed E-state index contributed by atoms with van der Waals surface area (Å²) in [5.41, 5.74) is 0.413. The number of likely N-dealkylation sites (tertiary alicyclic amines) is 1. The zero-order valence-electron chi connectivity index (χ0n) is 9.22. The molecule has 2 aliphatic heterocycles. The largest absolute Gasteiger partial charge is 0.391 e. The quantitative estimate of drug-likeness (QED) is 0.634. The summed E-state index contributed by atoms with van der Waals surface area (Å²) in [5.74, 6) is -0.228. The highest BCUT2D eigenvalue weighted by molar-refractivity contribution is 6.39. The average molecular weight is 225 g/mol. The third kappa shape index (κ3) is 2.06. The fourth-order valence-electron chi connectivity index (χ4n) is 1.93. The molecular formula is C10H15N3O3. The van der Waals surface area contributed by atoms with Crippen molar-refractivity contribution in [3.05, 3.63) is 0 Å². The molecule has 0 radical (unpaired) electrons. The Hall–Kier alpha value is -1.43. The number of aliphatic hydroxyl groups excluding tert-OH is 1. The zero-order chi connectivity index (χ0) is 11.7. The van der Waals surface area contributed by atoms with Gasteiger partial charge >= 0.3 is 0 Å². The molecule has 0 saturated carbocycles. The van der Waals surface area contributed by atoms with E-state index in [2.05, 4.69) is 5.10 Å². The summed E-state index contributed by atoms with van der Waals surface area (Å²) in [7, 11) is 1.55. The average Bonchev–Trinajstić information content (AvgIpc) is 2.68. The molecule has 0 unspecified atom stereocenters. The number of hydrazone groups is 1. The van der Waals surface area contributed by atoms with Crippen LogP contribution in [0, 0.1) is 0 Å². The summed E-state index contributed by atoms with van der Waals surface area (Å²) in [6.07, 6.45) is 0.923. The molecule has 0 aliphatic carbocycles. The van der Waals surface area contributed by atoms with Crippen LogP contribution in [0.25, 0.3) is 0 Å². The van der Waals surface area contributed by atoms with Crippen LogP contribution < -0.4 is 0 Å². The first kappa shape index (κ1) is 11.1. The highest BCUT2D eigenvalue weighted by Crippen LogP contribution is 2.13. The first-order valence-electron chi connectivity index (χ1n) is 5.39. The Morgan fingerprint density at radius 1 is 1.50 bits per heavy atom. The minimum atomic E-state index is -0.424. The zero-order valence-corrected chi connectivity index (χ0v) is 9.22. The predicted molar refractivity (Wildman–Crippen MR) is 56.6 cm³/mol. The van der Waals surface area contributed by atoms with Crippen molar-refractivity contribution in [2.45, 2.75) is 25.4 Å². The Labute approximate surface area is 93.5 Å². The van der Waals surface area contributed by atoms with E-state index in [4.69, 9.17) is 0 Å². The van der Waals surface area contributed by atoms with E-state index in [0.29, 0.717) is 38.1 Å². The highest BCUT2D eigenvalue weighted by Gasteiger charge is 2.30. The topological polar surface area (TPSA) is 73.2 Å².